The van der Waals surface area contributed by atoms with Crippen molar-refractivity contribution in [1.82, 2.24) is 9.97 Å². The van der Waals surface area contributed by atoms with E-state index >= 15 is 0 Å². The van der Waals surface area contributed by atoms with Crippen LogP contribution in [-0.2, 0) is 5.75 Å². The summed E-state index contributed by atoms with van der Waals surface area (Å²) in [5.41, 5.74) is 1.57. The van der Waals surface area contributed by atoms with Crippen molar-refractivity contribution in [2.24, 2.45) is 0 Å². The predicted molar refractivity (Wildman–Crippen MR) is 75.6 cm³/mol. The van der Waals surface area contributed by atoms with Gasteiger partial charge in [-0.05, 0) is 30.2 Å². The Labute approximate surface area is 119 Å². The molecule has 0 aliphatic rings. The molecule has 0 saturated carbocycles. The number of nitrogens with one attached hydrogen (secondary N) is 1. The summed E-state index contributed by atoms with van der Waals surface area (Å²) in [4.78, 5) is 17.5. The van der Waals surface area contributed by atoms with Crippen molar-refractivity contribution in [3.8, 4) is 0 Å². The van der Waals surface area contributed by atoms with Crippen LogP contribution in [0.2, 0.25) is 10.0 Å². The fourth-order valence-corrected chi connectivity index (χ4v) is 2.93. The van der Waals surface area contributed by atoms with Crippen molar-refractivity contribution < 1.29 is 0 Å². The number of rotatable bonds is 3. The van der Waals surface area contributed by atoms with Gasteiger partial charge in [-0.15, -0.1) is 11.8 Å². The van der Waals surface area contributed by atoms with E-state index in [1.165, 1.54) is 11.8 Å². The maximum atomic E-state index is 11.1. The molecule has 0 radical (unpaired) electrons. The molecule has 0 saturated heterocycles. The number of aromatic nitrogens is 2. The van der Waals surface area contributed by atoms with Crippen molar-refractivity contribution in [3.63, 3.8) is 0 Å². The van der Waals surface area contributed by atoms with Crippen LogP contribution in [0, 0.1) is 6.92 Å². The van der Waals surface area contributed by atoms with E-state index in [9.17, 15) is 4.79 Å². The normalized spacial score (nSPS) is 10.6. The molecular formula is C12H10Cl2N2OS. The summed E-state index contributed by atoms with van der Waals surface area (Å²) >= 11 is 13.4. The number of hydrogen-bond acceptors (Lipinski definition) is 3. The second kappa shape index (κ2) is 5.78. The quantitative estimate of drug-likeness (QED) is 0.695. The number of aromatic amines is 1. The van der Waals surface area contributed by atoms with Crippen LogP contribution < -0.4 is 5.69 Å². The standard InChI is InChI=1S/C12H10Cl2N2OS/c1-7-5-15-12(17)16-11(7)18-6-8-2-3-9(13)4-10(8)14/h2-5H,6H2,1H3,(H,15,16,17). The third kappa shape index (κ3) is 3.28. The number of H-pyrrole nitrogens is 1. The lowest BCUT2D eigenvalue weighted by Gasteiger charge is -2.06. The number of benzene rings is 1. The second-order valence-corrected chi connectivity index (χ2v) is 5.55. The lowest BCUT2D eigenvalue weighted by atomic mass is 10.2. The molecule has 0 spiro atoms. The van der Waals surface area contributed by atoms with Crippen molar-refractivity contribution in [2.45, 2.75) is 17.7 Å². The Morgan fingerprint density at radius 3 is 2.89 bits per heavy atom. The number of nitrogens with zero attached hydrogens (tertiary/aromatic N) is 1. The maximum absolute atomic E-state index is 11.1. The van der Waals surface area contributed by atoms with Crippen molar-refractivity contribution in [1.29, 1.82) is 0 Å². The van der Waals surface area contributed by atoms with Crippen LogP contribution in [0.3, 0.4) is 0 Å². The van der Waals surface area contributed by atoms with Crippen LogP contribution in [0.25, 0.3) is 0 Å². The minimum atomic E-state index is -0.342. The third-order valence-corrected chi connectivity index (χ3v) is 4.10. The van der Waals surface area contributed by atoms with Gasteiger partial charge in [0.2, 0.25) is 0 Å². The maximum Gasteiger partial charge on any atom is 0.345 e. The van der Waals surface area contributed by atoms with Crippen molar-refractivity contribution in [2.75, 3.05) is 0 Å². The predicted octanol–water partition coefficient (Wildman–Crippen LogP) is 3.68. The Bertz CT molecular complexity index is 628. The number of hydrogen-bond donors (Lipinski definition) is 1. The third-order valence-electron chi connectivity index (χ3n) is 2.34. The molecule has 0 amide bonds. The number of halogens is 2. The highest BCUT2D eigenvalue weighted by Crippen LogP contribution is 2.28. The van der Waals surface area contributed by atoms with Crippen LogP contribution in [0.1, 0.15) is 11.1 Å². The van der Waals surface area contributed by atoms with E-state index in [1.54, 1.807) is 18.3 Å². The van der Waals surface area contributed by atoms with Gasteiger partial charge in [0.05, 0.1) is 5.03 Å². The first kappa shape index (κ1) is 13.5. The SMILES string of the molecule is Cc1cnc(=O)[nH]c1SCc1ccc(Cl)cc1Cl. The Hall–Kier alpha value is -0.970. The van der Waals surface area contributed by atoms with Gasteiger partial charge >= 0.3 is 5.69 Å². The zero-order valence-corrected chi connectivity index (χ0v) is 11.9. The Morgan fingerprint density at radius 2 is 2.17 bits per heavy atom. The first-order valence-electron chi connectivity index (χ1n) is 5.19. The van der Waals surface area contributed by atoms with Crippen LogP contribution >= 0.6 is 35.0 Å². The number of aryl methyl sites for hydroxylation is 1. The van der Waals surface area contributed by atoms with Crippen molar-refractivity contribution >= 4 is 35.0 Å². The van der Waals surface area contributed by atoms with Gasteiger partial charge in [0.1, 0.15) is 0 Å². The molecule has 18 heavy (non-hydrogen) atoms. The van der Waals surface area contributed by atoms with Crippen molar-refractivity contribution in [3.05, 3.63) is 56.1 Å². The van der Waals surface area contributed by atoms with Gasteiger partial charge in [0, 0.05) is 22.0 Å². The van der Waals surface area contributed by atoms with Gasteiger partial charge in [-0.2, -0.15) is 0 Å². The molecule has 1 N–H and O–H groups in total. The Morgan fingerprint density at radius 1 is 1.39 bits per heavy atom. The minimum absolute atomic E-state index is 0.342. The van der Waals surface area contributed by atoms with Gasteiger partial charge in [0.25, 0.3) is 0 Å². The average Bonchev–Trinajstić information content (AvgIpc) is 2.32. The van der Waals surface area contributed by atoms with Gasteiger partial charge < -0.3 is 4.98 Å². The fourth-order valence-electron chi connectivity index (χ4n) is 1.38. The molecule has 94 valence electrons. The zero-order valence-electron chi connectivity index (χ0n) is 9.54. The van der Waals surface area contributed by atoms with Crippen LogP contribution in [-0.4, -0.2) is 9.97 Å². The first-order valence-corrected chi connectivity index (χ1v) is 6.93. The number of thioether (sulfide) groups is 1. The van der Waals surface area contributed by atoms with Crippen LogP contribution in [0.5, 0.6) is 0 Å². The molecule has 1 aromatic carbocycles. The van der Waals surface area contributed by atoms with E-state index in [0.717, 1.165) is 16.2 Å². The summed E-state index contributed by atoms with van der Waals surface area (Å²) in [6, 6.07) is 5.39. The molecule has 1 heterocycles. The molecule has 6 heteroatoms. The molecule has 0 fully saturated rings. The Balaban J connectivity index is 2.16. The summed E-state index contributed by atoms with van der Waals surface area (Å²) in [5.74, 6) is 0.663. The van der Waals surface area contributed by atoms with E-state index in [4.69, 9.17) is 23.2 Å². The first-order chi connectivity index (χ1) is 8.56. The van der Waals surface area contributed by atoms with E-state index in [0.29, 0.717) is 15.8 Å². The topological polar surface area (TPSA) is 45.8 Å². The lowest BCUT2D eigenvalue weighted by Crippen LogP contribution is -2.10. The summed E-state index contributed by atoms with van der Waals surface area (Å²) in [7, 11) is 0. The molecule has 1 aromatic heterocycles. The van der Waals surface area contributed by atoms with E-state index in [1.807, 2.05) is 13.0 Å². The van der Waals surface area contributed by atoms with Gasteiger partial charge in [0.15, 0.2) is 0 Å². The van der Waals surface area contributed by atoms with E-state index in [-0.39, 0.29) is 5.69 Å². The fraction of sp³-hybridized carbons (Fsp3) is 0.167. The van der Waals surface area contributed by atoms with Gasteiger partial charge in [-0.1, -0.05) is 29.3 Å². The molecule has 2 aromatic rings. The molecular weight excluding hydrogens is 291 g/mol. The largest absolute Gasteiger partial charge is 0.345 e. The monoisotopic (exact) mass is 300 g/mol. The highest BCUT2D eigenvalue weighted by atomic mass is 35.5. The summed E-state index contributed by atoms with van der Waals surface area (Å²) < 4.78 is 0. The van der Waals surface area contributed by atoms with Gasteiger partial charge in [-0.3, -0.25) is 0 Å². The summed E-state index contributed by atoms with van der Waals surface area (Å²) in [5, 5.41) is 2.05. The van der Waals surface area contributed by atoms with E-state index in [2.05, 4.69) is 9.97 Å². The van der Waals surface area contributed by atoms with Crippen LogP contribution in [0.15, 0.2) is 34.2 Å². The van der Waals surface area contributed by atoms with E-state index < -0.39 is 0 Å². The highest BCUT2D eigenvalue weighted by Gasteiger charge is 2.05. The second-order valence-electron chi connectivity index (χ2n) is 3.72. The molecule has 0 aliphatic heterocycles. The van der Waals surface area contributed by atoms with Crippen LogP contribution in [0.4, 0.5) is 0 Å². The van der Waals surface area contributed by atoms with Gasteiger partial charge in [-0.25, -0.2) is 9.78 Å². The molecule has 0 atom stereocenters. The molecule has 2 rings (SSSR count). The average molecular weight is 301 g/mol. The molecule has 0 aliphatic carbocycles. The molecule has 0 unspecified atom stereocenters. The summed E-state index contributed by atoms with van der Waals surface area (Å²) in [6.07, 6.45) is 1.56. The summed E-state index contributed by atoms with van der Waals surface area (Å²) in [6.45, 7) is 1.90. The Kier molecular flexibility index (Phi) is 4.32. The minimum Gasteiger partial charge on any atom is -0.300 e. The molecule has 3 nitrogen and oxygen atoms in total. The lowest BCUT2D eigenvalue weighted by molar-refractivity contribution is 0.946. The molecule has 0 bridgehead atoms. The highest BCUT2D eigenvalue weighted by molar-refractivity contribution is 7.98. The zero-order chi connectivity index (χ0) is 13.1. The smallest absolute Gasteiger partial charge is 0.300 e.